The Labute approximate surface area is 189 Å². The summed E-state index contributed by atoms with van der Waals surface area (Å²) in [5.74, 6) is 0. The molecule has 0 radical (unpaired) electrons. The summed E-state index contributed by atoms with van der Waals surface area (Å²) in [5, 5.41) is 0. The van der Waals surface area contributed by atoms with Gasteiger partial charge in [0.15, 0.2) is 0 Å². The maximum atomic E-state index is 6.19. The third-order valence-electron chi connectivity index (χ3n) is 4.96. The highest BCUT2D eigenvalue weighted by Gasteiger charge is 2.21. The Morgan fingerprint density at radius 3 is 1.52 bits per heavy atom. The predicted molar refractivity (Wildman–Crippen MR) is 134 cm³/mol. The van der Waals surface area contributed by atoms with E-state index in [2.05, 4.69) is 38.1 Å². The molecule has 1 aromatic carbocycles. The maximum Gasteiger partial charge on any atom is 0.252 e. The zero-order valence-electron chi connectivity index (χ0n) is 18.8. The van der Waals surface area contributed by atoms with E-state index < -0.39 is 5.69 Å². The van der Waals surface area contributed by atoms with Crippen molar-refractivity contribution in [3.63, 3.8) is 0 Å². The molecule has 0 fully saturated rings. The first-order valence-corrected chi connectivity index (χ1v) is 15.9. The van der Waals surface area contributed by atoms with Crippen LogP contribution in [0.15, 0.2) is 35.2 Å². The first-order chi connectivity index (χ1) is 14.2. The summed E-state index contributed by atoms with van der Waals surface area (Å²) in [4.78, 5) is 1.15. The van der Waals surface area contributed by atoms with Gasteiger partial charge in [0.2, 0.25) is 0 Å². The number of unbranched alkanes of at least 4 members (excludes halogenated alkanes) is 12. The summed E-state index contributed by atoms with van der Waals surface area (Å²) >= 11 is 7.51. The summed E-state index contributed by atoms with van der Waals surface area (Å²) in [6.45, 7) is 5.97. The minimum absolute atomic E-state index is 0.724. The highest BCUT2D eigenvalue weighted by Crippen LogP contribution is 2.64. The number of hydrogen-bond acceptors (Lipinski definition) is 4. The molecule has 0 amide bonds. The summed E-state index contributed by atoms with van der Waals surface area (Å²) in [7, 11) is 0. The molecule has 0 N–H and O–H groups in total. The molecule has 5 heteroatoms. The van der Waals surface area contributed by atoms with Crippen molar-refractivity contribution in [1.82, 2.24) is 0 Å². The molecule has 1 rings (SSSR count). The van der Waals surface area contributed by atoms with E-state index in [1.165, 1.54) is 77.0 Å². The molecule has 0 aromatic heterocycles. The molecular weight excluding hydrogens is 415 g/mol. The Morgan fingerprint density at radius 1 is 0.655 bits per heavy atom. The molecule has 0 aliphatic rings. The largest absolute Gasteiger partial charge is 0.321 e. The summed E-state index contributed by atoms with van der Waals surface area (Å²) in [6, 6.07) is 10.3. The lowest BCUT2D eigenvalue weighted by Crippen LogP contribution is -1.98. The average molecular weight is 459 g/mol. The highest BCUT2D eigenvalue weighted by molar-refractivity contribution is 8.67. The number of benzene rings is 1. The SMILES string of the molecule is CCCCCCCCCOP(=S)(OCCCCCCCCC)Sc1ccccc1. The minimum Gasteiger partial charge on any atom is -0.321 e. The van der Waals surface area contributed by atoms with Crippen LogP contribution in [-0.4, -0.2) is 13.2 Å². The van der Waals surface area contributed by atoms with Gasteiger partial charge in [-0.3, -0.25) is 0 Å². The van der Waals surface area contributed by atoms with Gasteiger partial charge in [-0.05, 0) is 48.2 Å². The van der Waals surface area contributed by atoms with Gasteiger partial charge in [0.25, 0.3) is 5.69 Å². The first-order valence-electron chi connectivity index (χ1n) is 11.8. The summed E-state index contributed by atoms with van der Waals surface area (Å²) < 4.78 is 12.4. The van der Waals surface area contributed by atoms with E-state index >= 15 is 0 Å². The van der Waals surface area contributed by atoms with Crippen LogP contribution in [0.4, 0.5) is 0 Å². The molecule has 0 saturated heterocycles. The fourth-order valence-corrected chi connectivity index (χ4v) is 7.72. The quantitative estimate of drug-likeness (QED) is 0.143. The van der Waals surface area contributed by atoms with Gasteiger partial charge < -0.3 is 9.05 Å². The van der Waals surface area contributed by atoms with Gasteiger partial charge in [-0.1, -0.05) is 109 Å². The Kier molecular flexibility index (Phi) is 17.7. The van der Waals surface area contributed by atoms with Crippen LogP contribution < -0.4 is 0 Å². The van der Waals surface area contributed by atoms with Crippen molar-refractivity contribution in [2.24, 2.45) is 0 Å². The molecular formula is C24H43O2PS2. The molecule has 1 aromatic rings. The van der Waals surface area contributed by atoms with Crippen LogP contribution in [-0.2, 0) is 20.9 Å². The van der Waals surface area contributed by atoms with E-state index in [0.29, 0.717) is 0 Å². The van der Waals surface area contributed by atoms with E-state index in [9.17, 15) is 0 Å². The van der Waals surface area contributed by atoms with Gasteiger partial charge in [-0.15, -0.1) is 0 Å². The fourth-order valence-electron chi connectivity index (χ4n) is 3.17. The fraction of sp³-hybridized carbons (Fsp3) is 0.750. The van der Waals surface area contributed by atoms with Crippen LogP contribution in [0.25, 0.3) is 0 Å². The molecule has 168 valence electrons. The lowest BCUT2D eigenvalue weighted by molar-refractivity contribution is 0.249. The molecule has 0 aliphatic carbocycles. The van der Waals surface area contributed by atoms with E-state index in [-0.39, 0.29) is 0 Å². The van der Waals surface area contributed by atoms with Gasteiger partial charge >= 0.3 is 0 Å². The minimum atomic E-state index is -2.32. The van der Waals surface area contributed by atoms with Gasteiger partial charge in [-0.2, -0.15) is 0 Å². The lowest BCUT2D eigenvalue weighted by atomic mass is 10.1. The Bertz CT molecular complexity index is 501. The van der Waals surface area contributed by atoms with Crippen molar-refractivity contribution in [1.29, 1.82) is 0 Å². The molecule has 0 saturated carbocycles. The Hall–Kier alpha value is 0.140. The topological polar surface area (TPSA) is 18.5 Å². The van der Waals surface area contributed by atoms with Crippen molar-refractivity contribution < 1.29 is 9.05 Å². The van der Waals surface area contributed by atoms with E-state index in [4.69, 9.17) is 20.9 Å². The van der Waals surface area contributed by atoms with Crippen molar-refractivity contribution in [3.8, 4) is 0 Å². The first kappa shape index (κ1) is 27.2. The highest BCUT2D eigenvalue weighted by atomic mass is 32.9. The second kappa shape index (κ2) is 18.9. The van der Waals surface area contributed by atoms with Crippen LogP contribution in [0.3, 0.4) is 0 Å². The molecule has 29 heavy (non-hydrogen) atoms. The zero-order valence-corrected chi connectivity index (χ0v) is 21.3. The lowest BCUT2D eigenvalue weighted by Gasteiger charge is -2.21. The molecule has 0 atom stereocenters. The molecule has 0 aliphatic heterocycles. The van der Waals surface area contributed by atoms with Crippen LogP contribution in [0, 0.1) is 0 Å². The van der Waals surface area contributed by atoms with Crippen LogP contribution in [0.2, 0.25) is 0 Å². The van der Waals surface area contributed by atoms with Gasteiger partial charge in [0, 0.05) is 4.90 Å². The molecule has 0 heterocycles. The van der Waals surface area contributed by atoms with Crippen molar-refractivity contribution in [3.05, 3.63) is 30.3 Å². The van der Waals surface area contributed by atoms with E-state index in [1.807, 2.05) is 6.07 Å². The second-order valence-electron chi connectivity index (χ2n) is 7.76. The van der Waals surface area contributed by atoms with Crippen molar-refractivity contribution >= 4 is 28.9 Å². The predicted octanol–water partition coefficient (Wildman–Crippen LogP) is 9.54. The summed E-state index contributed by atoms with van der Waals surface area (Å²) in [6.07, 6.45) is 18.0. The third kappa shape index (κ3) is 15.6. The zero-order chi connectivity index (χ0) is 21.0. The smallest absolute Gasteiger partial charge is 0.252 e. The average Bonchev–Trinajstić information content (AvgIpc) is 2.73. The van der Waals surface area contributed by atoms with Crippen LogP contribution in [0.5, 0.6) is 0 Å². The maximum absolute atomic E-state index is 6.19. The normalized spacial score (nSPS) is 11.8. The van der Waals surface area contributed by atoms with Crippen LogP contribution in [0.1, 0.15) is 104 Å². The van der Waals surface area contributed by atoms with E-state index in [0.717, 1.165) is 31.0 Å². The molecule has 2 nitrogen and oxygen atoms in total. The number of rotatable bonds is 20. The standard InChI is InChI=1S/C24H43O2PS2/c1-3-5-7-9-11-13-18-22-25-27(28,29-24-20-16-15-17-21-24)26-23-19-14-12-10-8-6-4-2/h15-17,20-21H,3-14,18-19,22-23H2,1-2H3. The third-order valence-corrected chi connectivity index (χ3v) is 9.90. The number of hydrogen-bond donors (Lipinski definition) is 0. The Balaban J connectivity index is 2.31. The summed E-state index contributed by atoms with van der Waals surface area (Å²) in [5.41, 5.74) is -2.32. The monoisotopic (exact) mass is 458 g/mol. The molecule has 0 spiro atoms. The van der Waals surface area contributed by atoms with Crippen molar-refractivity contribution in [2.45, 2.75) is 109 Å². The molecule has 0 bridgehead atoms. The van der Waals surface area contributed by atoms with Gasteiger partial charge in [0.05, 0.1) is 13.2 Å². The van der Waals surface area contributed by atoms with Gasteiger partial charge in [0.1, 0.15) is 0 Å². The molecule has 0 unspecified atom stereocenters. The van der Waals surface area contributed by atoms with Crippen LogP contribution >= 0.6 is 17.1 Å². The van der Waals surface area contributed by atoms with Crippen molar-refractivity contribution in [2.75, 3.05) is 13.2 Å². The Morgan fingerprint density at radius 2 is 1.07 bits per heavy atom. The second-order valence-corrected chi connectivity index (χ2v) is 14.0. The van der Waals surface area contributed by atoms with Gasteiger partial charge in [-0.25, -0.2) is 0 Å². The van der Waals surface area contributed by atoms with E-state index in [1.54, 1.807) is 11.4 Å².